The molecule has 186 valence electrons. The van der Waals surface area contributed by atoms with Gasteiger partial charge in [0.05, 0.1) is 12.4 Å². The average molecular weight is 472 g/mol. The van der Waals surface area contributed by atoms with Crippen LogP contribution in [0.3, 0.4) is 0 Å². The van der Waals surface area contributed by atoms with Crippen LogP contribution in [0.5, 0.6) is 0 Å². The number of carboxylic acid groups (broad SMARTS) is 1. The number of aromatic nitrogens is 2. The molecule has 1 saturated carbocycles. The van der Waals surface area contributed by atoms with Crippen molar-refractivity contribution in [2.24, 2.45) is 23.5 Å². The molecule has 4 aliphatic rings. The number of nitrogens with two attached hydrogens (primary N) is 1. The van der Waals surface area contributed by atoms with Crippen LogP contribution >= 0.6 is 0 Å². The Morgan fingerprint density at radius 3 is 2.32 bits per heavy atom. The summed E-state index contributed by atoms with van der Waals surface area (Å²) in [6, 6.07) is 1.24. The number of carbonyl (C=O) groups excluding carboxylic acids is 2. The normalized spacial score (nSPS) is 29.4. The second-order valence-electron chi connectivity index (χ2n) is 10.3. The third kappa shape index (κ3) is 5.40. The summed E-state index contributed by atoms with van der Waals surface area (Å²) in [7, 11) is 0. The predicted molar refractivity (Wildman–Crippen MR) is 126 cm³/mol. The van der Waals surface area contributed by atoms with Gasteiger partial charge < -0.3 is 15.7 Å². The molecule has 4 heterocycles. The highest BCUT2D eigenvalue weighted by Gasteiger charge is 2.48. The van der Waals surface area contributed by atoms with Crippen LogP contribution in [0.15, 0.2) is 12.4 Å². The number of primary amides is 1. The van der Waals surface area contributed by atoms with Gasteiger partial charge in [0.1, 0.15) is 11.4 Å². The maximum Gasteiger partial charge on any atom is 0.290 e. The van der Waals surface area contributed by atoms with E-state index in [-0.39, 0.29) is 18.1 Å². The van der Waals surface area contributed by atoms with Crippen LogP contribution in [-0.2, 0) is 4.79 Å². The first-order chi connectivity index (χ1) is 16.5. The third-order valence-corrected chi connectivity index (χ3v) is 8.33. The molecule has 1 aromatic heterocycles. The lowest BCUT2D eigenvalue weighted by atomic mass is 9.69. The summed E-state index contributed by atoms with van der Waals surface area (Å²) in [5, 5.41) is 6.89. The van der Waals surface area contributed by atoms with E-state index in [0.717, 1.165) is 19.0 Å². The van der Waals surface area contributed by atoms with Crippen LogP contribution in [0.25, 0.3) is 0 Å². The molecule has 3 N–H and O–H groups in total. The van der Waals surface area contributed by atoms with Gasteiger partial charge in [0.25, 0.3) is 18.3 Å². The zero-order valence-corrected chi connectivity index (χ0v) is 19.8. The summed E-state index contributed by atoms with van der Waals surface area (Å²) in [5.74, 6) is 1.29. The third-order valence-electron chi connectivity index (χ3n) is 8.33. The molecule has 4 fully saturated rings. The summed E-state index contributed by atoms with van der Waals surface area (Å²) in [6.45, 7) is 2.62. The molecular formula is C25H37N5O4. The molecule has 9 heteroatoms. The predicted octanol–water partition coefficient (Wildman–Crippen LogP) is 2.56. The monoisotopic (exact) mass is 471 g/mol. The Hall–Kier alpha value is -2.55. The maximum atomic E-state index is 13.3. The van der Waals surface area contributed by atoms with Gasteiger partial charge in [0, 0.05) is 25.2 Å². The number of likely N-dealkylation sites (tertiary alicyclic amines) is 1. The van der Waals surface area contributed by atoms with E-state index in [4.69, 9.17) is 15.6 Å². The molecule has 0 unspecified atom stereocenters. The number of rotatable bonds is 4. The lowest BCUT2D eigenvalue weighted by Gasteiger charge is -2.57. The summed E-state index contributed by atoms with van der Waals surface area (Å²) in [4.78, 5) is 46.0. The van der Waals surface area contributed by atoms with Crippen molar-refractivity contribution in [1.82, 2.24) is 19.8 Å². The Morgan fingerprint density at radius 2 is 1.65 bits per heavy atom. The fourth-order valence-electron chi connectivity index (χ4n) is 6.89. The maximum absolute atomic E-state index is 13.3. The van der Waals surface area contributed by atoms with Gasteiger partial charge in [0.2, 0.25) is 0 Å². The topological polar surface area (TPSA) is 130 Å². The highest BCUT2D eigenvalue weighted by molar-refractivity contribution is 5.93. The Morgan fingerprint density at radius 1 is 1.00 bits per heavy atom. The molecule has 0 radical (unpaired) electrons. The van der Waals surface area contributed by atoms with Crippen LogP contribution in [-0.4, -0.2) is 74.9 Å². The molecule has 4 atom stereocenters. The molecule has 0 spiro atoms. The van der Waals surface area contributed by atoms with E-state index >= 15 is 0 Å². The van der Waals surface area contributed by atoms with Gasteiger partial charge in [-0.25, -0.2) is 9.97 Å². The van der Waals surface area contributed by atoms with Gasteiger partial charge in [-0.3, -0.25) is 19.3 Å². The second-order valence-corrected chi connectivity index (χ2v) is 10.3. The van der Waals surface area contributed by atoms with Crippen LogP contribution in [0.4, 0.5) is 0 Å². The molecule has 2 bridgehead atoms. The number of hydrogen-bond acceptors (Lipinski definition) is 6. The zero-order chi connectivity index (χ0) is 24.1. The van der Waals surface area contributed by atoms with Crippen LogP contribution in [0, 0.1) is 17.8 Å². The summed E-state index contributed by atoms with van der Waals surface area (Å²) >= 11 is 0. The van der Waals surface area contributed by atoms with E-state index in [2.05, 4.69) is 14.9 Å². The van der Waals surface area contributed by atoms with Crippen molar-refractivity contribution in [3.05, 3.63) is 23.8 Å². The van der Waals surface area contributed by atoms with Crippen molar-refractivity contribution in [2.75, 3.05) is 19.6 Å². The van der Waals surface area contributed by atoms with E-state index in [1.807, 2.05) is 4.90 Å². The highest BCUT2D eigenvalue weighted by Crippen LogP contribution is 2.44. The van der Waals surface area contributed by atoms with E-state index < -0.39 is 5.91 Å². The van der Waals surface area contributed by atoms with Crippen molar-refractivity contribution in [3.63, 3.8) is 0 Å². The summed E-state index contributed by atoms with van der Waals surface area (Å²) in [5.41, 5.74) is 5.67. The molecule has 9 nitrogen and oxygen atoms in total. The van der Waals surface area contributed by atoms with Crippen molar-refractivity contribution >= 4 is 18.3 Å². The molecule has 3 saturated heterocycles. The molecular weight excluding hydrogens is 434 g/mol. The van der Waals surface area contributed by atoms with Gasteiger partial charge in [-0.1, -0.05) is 38.5 Å². The van der Waals surface area contributed by atoms with E-state index in [1.54, 1.807) is 0 Å². The van der Waals surface area contributed by atoms with Crippen molar-refractivity contribution in [3.8, 4) is 0 Å². The van der Waals surface area contributed by atoms with Gasteiger partial charge in [0.15, 0.2) is 0 Å². The lowest BCUT2D eigenvalue weighted by molar-refractivity contribution is -0.122. The first-order valence-corrected chi connectivity index (χ1v) is 12.8. The lowest BCUT2D eigenvalue weighted by Crippen LogP contribution is -2.64. The largest absolute Gasteiger partial charge is 0.483 e. The second kappa shape index (κ2) is 11.3. The van der Waals surface area contributed by atoms with Crippen molar-refractivity contribution in [2.45, 2.75) is 76.3 Å². The SMILES string of the molecule is NC(=O)c1cnc(C(=O)N2C[C@H]3C[C@@H](C2)[C@H](CC2CCCCC2)N2CCCC[C@@H]32)cn1.O=CO. The first-order valence-electron chi connectivity index (χ1n) is 12.8. The van der Waals surface area contributed by atoms with Crippen LogP contribution in [0.1, 0.15) is 85.2 Å². The Balaban J connectivity index is 0.000000868. The highest BCUT2D eigenvalue weighted by atomic mass is 16.3. The van der Waals surface area contributed by atoms with Crippen LogP contribution in [0.2, 0.25) is 0 Å². The van der Waals surface area contributed by atoms with Crippen LogP contribution < -0.4 is 5.73 Å². The minimum atomic E-state index is -0.623. The number of nitrogens with zero attached hydrogens (tertiary/aromatic N) is 4. The zero-order valence-electron chi connectivity index (χ0n) is 19.8. The van der Waals surface area contributed by atoms with Crippen molar-refractivity contribution in [1.29, 1.82) is 0 Å². The number of amides is 2. The number of carbonyl (C=O) groups is 3. The molecule has 1 aliphatic carbocycles. The molecule has 2 amide bonds. The van der Waals surface area contributed by atoms with Crippen molar-refractivity contribution < 1.29 is 19.5 Å². The van der Waals surface area contributed by atoms with Gasteiger partial charge in [-0.2, -0.15) is 0 Å². The Kier molecular flexibility index (Phi) is 8.13. The molecule has 5 rings (SSSR count). The fourth-order valence-corrected chi connectivity index (χ4v) is 6.89. The minimum absolute atomic E-state index is 0.0566. The number of fused-ring (bicyclic) bond motifs is 4. The Bertz CT molecular complexity index is 857. The quantitative estimate of drug-likeness (QED) is 0.646. The summed E-state index contributed by atoms with van der Waals surface area (Å²) < 4.78 is 0. The van der Waals surface area contributed by atoms with Gasteiger partial charge in [-0.15, -0.1) is 0 Å². The van der Waals surface area contributed by atoms with E-state index in [9.17, 15) is 9.59 Å². The molecule has 3 aliphatic heterocycles. The van der Waals surface area contributed by atoms with E-state index in [1.165, 1.54) is 83.1 Å². The first kappa shape index (κ1) is 24.6. The van der Waals surface area contributed by atoms with Gasteiger partial charge >= 0.3 is 0 Å². The molecule has 0 aromatic carbocycles. The van der Waals surface area contributed by atoms with Gasteiger partial charge in [-0.05, 0) is 50.0 Å². The minimum Gasteiger partial charge on any atom is -0.483 e. The smallest absolute Gasteiger partial charge is 0.290 e. The Labute approximate surface area is 201 Å². The fraction of sp³-hybridized carbons (Fsp3) is 0.720. The molecule has 34 heavy (non-hydrogen) atoms. The number of piperidine rings is 3. The van der Waals surface area contributed by atoms with E-state index in [0.29, 0.717) is 29.6 Å². The summed E-state index contributed by atoms with van der Waals surface area (Å²) in [6.07, 6.45) is 16.1. The number of hydrogen-bond donors (Lipinski definition) is 2. The average Bonchev–Trinajstić information content (AvgIpc) is 2.87. The standard InChI is InChI=1S/C24H35N5O2.CH2O2/c25-23(30)19-12-27-20(13-26-19)24(31)28-14-17-11-18(15-28)22(10-16-6-2-1-3-7-16)29-9-5-4-8-21(17)29;2-1-3/h12-13,16-18,21-22H,1-11,14-15H2,(H2,25,30);1H,(H,2,3)/t17-,18+,21+,22+;/m1./s1. The molecule has 1 aromatic rings.